The number of nitrogens with zero attached hydrogens (tertiary/aromatic N) is 1. The van der Waals surface area contributed by atoms with Gasteiger partial charge in [-0.05, 0) is 47.0 Å². The summed E-state index contributed by atoms with van der Waals surface area (Å²) in [7, 11) is 0. The van der Waals surface area contributed by atoms with Gasteiger partial charge in [0.15, 0.2) is 0 Å². The highest BCUT2D eigenvalue weighted by Gasteiger charge is 2.04. The Morgan fingerprint density at radius 1 is 0.692 bits per heavy atom. The van der Waals surface area contributed by atoms with Crippen LogP contribution in [-0.2, 0) is 0 Å². The van der Waals surface area contributed by atoms with Crippen molar-refractivity contribution in [2.75, 3.05) is 0 Å². The Bertz CT molecular complexity index is 1030. The highest BCUT2D eigenvalue weighted by atomic mass is 16.3. The summed E-state index contributed by atoms with van der Waals surface area (Å²) in [5, 5.41) is 16.8. The molecule has 0 amide bonds. The smallest absolute Gasteiger partial charge is 0.115 e. The van der Waals surface area contributed by atoms with Gasteiger partial charge in [-0.1, -0.05) is 66.7 Å². The van der Waals surface area contributed by atoms with Gasteiger partial charge in [-0.25, -0.2) is 0 Å². The molecule has 0 atom stereocenters. The van der Waals surface area contributed by atoms with Crippen LogP contribution in [0, 0.1) is 0 Å². The second-order valence-corrected chi connectivity index (χ2v) is 6.08. The molecular formula is C23H18N2O. The molecule has 0 saturated heterocycles. The van der Waals surface area contributed by atoms with E-state index in [1.807, 2.05) is 48.6 Å². The van der Waals surface area contributed by atoms with Crippen molar-refractivity contribution in [2.45, 2.75) is 0 Å². The fraction of sp³-hybridized carbons (Fsp3) is 0. The maximum Gasteiger partial charge on any atom is 0.115 e. The minimum atomic E-state index is 0.266. The number of phenolic OH excluding ortho intramolecular Hbond substituents is 1. The van der Waals surface area contributed by atoms with Crippen molar-refractivity contribution in [3.8, 4) is 28.1 Å². The molecular weight excluding hydrogens is 320 g/mol. The standard InChI is InChI=1S/C23H18N2O/c26-22-13-10-17(11-14-22)9-12-21-16-23(25-24-21)20-8-4-7-19(15-20)18-5-2-1-3-6-18/h1-16,26H,(H,24,25). The van der Waals surface area contributed by atoms with Crippen LogP contribution in [-0.4, -0.2) is 15.3 Å². The molecule has 0 radical (unpaired) electrons. The zero-order valence-electron chi connectivity index (χ0n) is 14.1. The van der Waals surface area contributed by atoms with E-state index < -0.39 is 0 Å². The van der Waals surface area contributed by atoms with E-state index in [2.05, 4.69) is 46.6 Å². The van der Waals surface area contributed by atoms with Crippen LogP contribution in [0.1, 0.15) is 11.3 Å². The van der Waals surface area contributed by atoms with Crippen molar-refractivity contribution in [2.24, 2.45) is 0 Å². The molecule has 4 rings (SSSR count). The first-order chi connectivity index (χ1) is 12.8. The fourth-order valence-corrected chi connectivity index (χ4v) is 2.83. The molecule has 0 bridgehead atoms. The Morgan fingerprint density at radius 2 is 1.42 bits per heavy atom. The third-order valence-corrected chi connectivity index (χ3v) is 4.22. The lowest BCUT2D eigenvalue weighted by Gasteiger charge is -2.03. The van der Waals surface area contributed by atoms with Gasteiger partial charge in [0.1, 0.15) is 5.75 Å². The van der Waals surface area contributed by atoms with Crippen LogP contribution in [0.15, 0.2) is 84.9 Å². The molecule has 2 N–H and O–H groups in total. The lowest BCUT2D eigenvalue weighted by Crippen LogP contribution is -1.81. The number of aromatic nitrogens is 2. The van der Waals surface area contributed by atoms with Gasteiger partial charge in [-0.3, -0.25) is 5.10 Å². The Balaban J connectivity index is 1.57. The summed E-state index contributed by atoms with van der Waals surface area (Å²) >= 11 is 0. The maximum atomic E-state index is 9.33. The van der Waals surface area contributed by atoms with E-state index in [9.17, 15) is 5.11 Å². The van der Waals surface area contributed by atoms with E-state index >= 15 is 0 Å². The fourth-order valence-electron chi connectivity index (χ4n) is 2.83. The second-order valence-electron chi connectivity index (χ2n) is 6.08. The molecule has 3 heteroatoms. The van der Waals surface area contributed by atoms with Crippen molar-refractivity contribution in [3.63, 3.8) is 0 Å². The van der Waals surface area contributed by atoms with Gasteiger partial charge in [0.25, 0.3) is 0 Å². The van der Waals surface area contributed by atoms with Gasteiger partial charge >= 0.3 is 0 Å². The Labute approximate surface area is 152 Å². The van der Waals surface area contributed by atoms with Crippen LogP contribution < -0.4 is 0 Å². The van der Waals surface area contributed by atoms with Crippen molar-refractivity contribution >= 4 is 12.2 Å². The Kier molecular flexibility index (Phi) is 4.35. The van der Waals surface area contributed by atoms with Crippen LogP contribution in [0.2, 0.25) is 0 Å². The van der Waals surface area contributed by atoms with Gasteiger partial charge in [0, 0.05) is 5.56 Å². The highest BCUT2D eigenvalue weighted by molar-refractivity contribution is 5.74. The summed E-state index contributed by atoms with van der Waals surface area (Å²) in [5.41, 5.74) is 6.33. The lowest BCUT2D eigenvalue weighted by molar-refractivity contribution is 0.475. The lowest BCUT2D eigenvalue weighted by atomic mass is 10.0. The predicted molar refractivity (Wildman–Crippen MR) is 106 cm³/mol. The van der Waals surface area contributed by atoms with E-state index in [0.717, 1.165) is 22.5 Å². The summed E-state index contributed by atoms with van der Waals surface area (Å²) in [6.07, 6.45) is 3.92. The Morgan fingerprint density at radius 3 is 2.23 bits per heavy atom. The number of benzene rings is 3. The average Bonchev–Trinajstić information content (AvgIpc) is 3.18. The zero-order chi connectivity index (χ0) is 17.8. The van der Waals surface area contributed by atoms with E-state index in [-0.39, 0.29) is 5.75 Å². The molecule has 1 heterocycles. The molecule has 0 unspecified atom stereocenters. The van der Waals surface area contributed by atoms with Crippen LogP contribution in [0.25, 0.3) is 34.5 Å². The summed E-state index contributed by atoms with van der Waals surface area (Å²) in [4.78, 5) is 0. The second kappa shape index (κ2) is 7.11. The molecule has 1 aromatic heterocycles. The molecule has 0 aliphatic rings. The van der Waals surface area contributed by atoms with Gasteiger partial charge < -0.3 is 5.11 Å². The van der Waals surface area contributed by atoms with Crippen LogP contribution in [0.4, 0.5) is 0 Å². The maximum absolute atomic E-state index is 9.33. The molecule has 126 valence electrons. The largest absolute Gasteiger partial charge is 0.508 e. The summed E-state index contributed by atoms with van der Waals surface area (Å²) < 4.78 is 0. The predicted octanol–water partition coefficient (Wildman–Crippen LogP) is 5.62. The summed E-state index contributed by atoms with van der Waals surface area (Å²) in [5.74, 6) is 0.266. The molecule has 0 aliphatic heterocycles. The number of hydrogen-bond donors (Lipinski definition) is 2. The van der Waals surface area contributed by atoms with Crippen LogP contribution >= 0.6 is 0 Å². The van der Waals surface area contributed by atoms with Crippen LogP contribution in [0.5, 0.6) is 5.75 Å². The van der Waals surface area contributed by atoms with Gasteiger partial charge in [0.2, 0.25) is 0 Å². The minimum absolute atomic E-state index is 0.266. The average molecular weight is 338 g/mol. The van der Waals surface area contributed by atoms with Crippen molar-refractivity contribution < 1.29 is 5.11 Å². The first kappa shape index (κ1) is 15.9. The van der Waals surface area contributed by atoms with E-state index in [0.29, 0.717) is 0 Å². The topological polar surface area (TPSA) is 48.9 Å². The number of H-pyrrole nitrogens is 1. The number of phenols is 1. The molecule has 4 aromatic rings. The van der Waals surface area contributed by atoms with Crippen molar-refractivity contribution in [1.29, 1.82) is 0 Å². The van der Waals surface area contributed by atoms with Crippen LogP contribution in [0.3, 0.4) is 0 Å². The molecule has 3 nitrogen and oxygen atoms in total. The molecule has 0 fully saturated rings. The van der Waals surface area contributed by atoms with E-state index in [1.54, 1.807) is 12.1 Å². The number of hydrogen-bond acceptors (Lipinski definition) is 2. The van der Waals surface area contributed by atoms with Gasteiger partial charge in [-0.15, -0.1) is 0 Å². The zero-order valence-corrected chi connectivity index (χ0v) is 14.1. The molecule has 0 spiro atoms. The number of rotatable bonds is 4. The third kappa shape index (κ3) is 3.57. The molecule has 26 heavy (non-hydrogen) atoms. The van der Waals surface area contributed by atoms with Gasteiger partial charge in [-0.2, -0.15) is 5.10 Å². The summed E-state index contributed by atoms with van der Waals surface area (Å²) in [6.45, 7) is 0. The first-order valence-electron chi connectivity index (χ1n) is 8.46. The van der Waals surface area contributed by atoms with Crippen molar-refractivity contribution in [1.82, 2.24) is 10.2 Å². The SMILES string of the molecule is Oc1ccc(C=Cc2cc(-c3cccc(-c4ccccc4)c3)[nH]n2)cc1. The number of aromatic hydroxyl groups is 1. The highest BCUT2D eigenvalue weighted by Crippen LogP contribution is 2.25. The van der Waals surface area contributed by atoms with Gasteiger partial charge in [0.05, 0.1) is 11.4 Å². The minimum Gasteiger partial charge on any atom is -0.508 e. The summed E-state index contributed by atoms with van der Waals surface area (Å²) in [6, 6.07) is 27.8. The normalized spacial score (nSPS) is 11.1. The molecule has 0 saturated carbocycles. The first-order valence-corrected chi connectivity index (χ1v) is 8.46. The van der Waals surface area contributed by atoms with E-state index in [1.165, 1.54) is 11.1 Å². The monoisotopic (exact) mass is 338 g/mol. The molecule has 0 aliphatic carbocycles. The third-order valence-electron chi connectivity index (χ3n) is 4.22. The van der Waals surface area contributed by atoms with Crippen molar-refractivity contribution in [3.05, 3.63) is 96.2 Å². The Hall–Kier alpha value is -3.59. The number of nitrogens with one attached hydrogen (secondary N) is 1. The quantitative estimate of drug-likeness (QED) is 0.507. The van der Waals surface area contributed by atoms with E-state index in [4.69, 9.17) is 0 Å². The molecule has 3 aromatic carbocycles. The number of aromatic amines is 1.